The molecule has 0 radical (unpaired) electrons. The second-order valence-electron chi connectivity index (χ2n) is 6.02. The van der Waals surface area contributed by atoms with E-state index in [9.17, 15) is 9.59 Å². The minimum atomic E-state index is -0.149. The maximum absolute atomic E-state index is 12.2. The van der Waals surface area contributed by atoms with Crippen LogP contribution in [0.1, 0.15) is 42.5 Å². The van der Waals surface area contributed by atoms with Gasteiger partial charge in [0.2, 0.25) is 5.91 Å². The van der Waals surface area contributed by atoms with E-state index < -0.39 is 0 Å². The SMILES string of the molecule is O=C(NCCNC(=O)C1CCCCC1)c1cccc2occc12. The number of furan rings is 1. The second kappa shape index (κ2) is 7.31. The summed E-state index contributed by atoms with van der Waals surface area (Å²) in [6, 6.07) is 7.19. The molecular weight excluding hydrogens is 292 g/mol. The molecule has 5 nitrogen and oxygen atoms in total. The quantitative estimate of drug-likeness (QED) is 0.834. The van der Waals surface area contributed by atoms with E-state index in [1.807, 2.05) is 6.07 Å². The topological polar surface area (TPSA) is 71.3 Å². The van der Waals surface area contributed by atoms with Crippen LogP contribution in [0.25, 0.3) is 11.0 Å². The highest BCUT2D eigenvalue weighted by atomic mass is 16.3. The van der Waals surface area contributed by atoms with Crippen LogP contribution in [0.15, 0.2) is 34.9 Å². The third-order valence-electron chi connectivity index (χ3n) is 4.43. The van der Waals surface area contributed by atoms with Crippen molar-refractivity contribution in [2.45, 2.75) is 32.1 Å². The molecule has 1 aromatic carbocycles. The molecule has 23 heavy (non-hydrogen) atoms. The summed E-state index contributed by atoms with van der Waals surface area (Å²) in [5.74, 6) is 0.124. The van der Waals surface area contributed by atoms with Crippen molar-refractivity contribution in [3.05, 3.63) is 36.1 Å². The van der Waals surface area contributed by atoms with Crippen molar-refractivity contribution in [1.29, 1.82) is 0 Å². The average Bonchev–Trinajstić information content (AvgIpc) is 3.07. The molecule has 5 heteroatoms. The molecule has 1 aliphatic carbocycles. The normalized spacial score (nSPS) is 15.5. The minimum Gasteiger partial charge on any atom is -0.464 e. The van der Waals surface area contributed by atoms with E-state index in [1.54, 1.807) is 24.5 Å². The number of fused-ring (bicyclic) bond motifs is 1. The lowest BCUT2D eigenvalue weighted by atomic mass is 9.89. The van der Waals surface area contributed by atoms with E-state index in [1.165, 1.54) is 6.42 Å². The number of nitrogens with one attached hydrogen (secondary N) is 2. The van der Waals surface area contributed by atoms with Crippen molar-refractivity contribution in [2.24, 2.45) is 5.92 Å². The number of carbonyl (C=O) groups excluding carboxylic acids is 2. The molecular formula is C18H22N2O3. The summed E-state index contributed by atoms with van der Waals surface area (Å²) in [7, 11) is 0. The lowest BCUT2D eigenvalue weighted by Gasteiger charge is -2.20. The summed E-state index contributed by atoms with van der Waals surface area (Å²) in [5, 5.41) is 6.57. The fraction of sp³-hybridized carbons (Fsp3) is 0.444. The van der Waals surface area contributed by atoms with Crippen LogP contribution in [0.3, 0.4) is 0 Å². The molecule has 1 fully saturated rings. The molecule has 0 aliphatic heterocycles. The van der Waals surface area contributed by atoms with Gasteiger partial charge in [0, 0.05) is 24.4 Å². The third-order valence-corrected chi connectivity index (χ3v) is 4.43. The van der Waals surface area contributed by atoms with Crippen molar-refractivity contribution in [3.63, 3.8) is 0 Å². The predicted molar refractivity (Wildman–Crippen MR) is 88.1 cm³/mol. The van der Waals surface area contributed by atoms with Gasteiger partial charge in [-0.1, -0.05) is 25.3 Å². The van der Waals surface area contributed by atoms with Crippen molar-refractivity contribution in [1.82, 2.24) is 10.6 Å². The number of hydrogen-bond donors (Lipinski definition) is 2. The Balaban J connectivity index is 1.46. The van der Waals surface area contributed by atoms with E-state index in [0.717, 1.165) is 31.1 Å². The number of amides is 2. The molecule has 0 bridgehead atoms. The average molecular weight is 314 g/mol. The molecule has 3 rings (SSSR count). The summed E-state index contributed by atoms with van der Waals surface area (Å²) in [6.07, 6.45) is 7.07. The van der Waals surface area contributed by atoms with Gasteiger partial charge in [0.15, 0.2) is 0 Å². The van der Waals surface area contributed by atoms with Gasteiger partial charge < -0.3 is 15.1 Å². The molecule has 0 unspecified atom stereocenters. The number of carbonyl (C=O) groups is 2. The Kier molecular flexibility index (Phi) is 4.95. The summed E-state index contributed by atoms with van der Waals surface area (Å²) < 4.78 is 5.30. The number of benzene rings is 1. The number of rotatable bonds is 5. The van der Waals surface area contributed by atoms with Crippen LogP contribution in [0.4, 0.5) is 0 Å². The standard InChI is InChI=1S/C18H22N2O3/c21-17(13-5-2-1-3-6-13)19-10-11-20-18(22)15-7-4-8-16-14(15)9-12-23-16/h4,7-9,12-13H,1-3,5-6,10-11H2,(H,19,21)(H,20,22). The Labute approximate surface area is 135 Å². The summed E-state index contributed by atoms with van der Waals surface area (Å²) in [4.78, 5) is 24.3. The fourth-order valence-electron chi connectivity index (χ4n) is 3.16. The monoisotopic (exact) mass is 314 g/mol. The molecule has 1 aromatic heterocycles. The highest BCUT2D eigenvalue weighted by molar-refractivity contribution is 6.05. The second-order valence-corrected chi connectivity index (χ2v) is 6.02. The van der Waals surface area contributed by atoms with E-state index >= 15 is 0 Å². The Bertz CT molecular complexity index is 686. The highest BCUT2D eigenvalue weighted by Crippen LogP contribution is 2.23. The van der Waals surface area contributed by atoms with Gasteiger partial charge in [0.25, 0.3) is 5.91 Å². The van der Waals surface area contributed by atoms with Gasteiger partial charge >= 0.3 is 0 Å². The van der Waals surface area contributed by atoms with Crippen LogP contribution in [0.2, 0.25) is 0 Å². The smallest absolute Gasteiger partial charge is 0.252 e. The van der Waals surface area contributed by atoms with Crippen LogP contribution in [0, 0.1) is 5.92 Å². The number of hydrogen-bond acceptors (Lipinski definition) is 3. The zero-order chi connectivity index (χ0) is 16.1. The Hall–Kier alpha value is -2.30. The first-order valence-electron chi connectivity index (χ1n) is 8.28. The van der Waals surface area contributed by atoms with E-state index in [4.69, 9.17) is 4.42 Å². The van der Waals surface area contributed by atoms with Crippen LogP contribution in [-0.2, 0) is 4.79 Å². The van der Waals surface area contributed by atoms with Gasteiger partial charge in [-0.3, -0.25) is 9.59 Å². The third kappa shape index (κ3) is 3.73. The summed E-state index contributed by atoms with van der Waals surface area (Å²) >= 11 is 0. The largest absolute Gasteiger partial charge is 0.464 e. The molecule has 0 atom stereocenters. The first-order valence-corrected chi connectivity index (χ1v) is 8.28. The lowest BCUT2D eigenvalue weighted by Crippen LogP contribution is -2.38. The van der Waals surface area contributed by atoms with Crippen LogP contribution in [0.5, 0.6) is 0 Å². The minimum absolute atomic E-state index is 0.121. The lowest BCUT2D eigenvalue weighted by molar-refractivity contribution is -0.125. The van der Waals surface area contributed by atoms with Crippen LogP contribution in [-0.4, -0.2) is 24.9 Å². The highest BCUT2D eigenvalue weighted by Gasteiger charge is 2.20. The molecule has 122 valence electrons. The summed E-state index contributed by atoms with van der Waals surface area (Å²) in [5.41, 5.74) is 1.29. The van der Waals surface area contributed by atoms with Gasteiger partial charge in [-0.05, 0) is 31.0 Å². The van der Waals surface area contributed by atoms with Crippen LogP contribution >= 0.6 is 0 Å². The van der Waals surface area contributed by atoms with Gasteiger partial charge in [-0.2, -0.15) is 0 Å². The van der Waals surface area contributed by atoms with Crippen molar-refractivity contribution in [2.75, 3.05) is 13.1 Å². The first kappa shape index (κ1) is 15.6. The molecule has 0 saturated heterocycles. The van der Waals surface area contributed by atoms with Crippen LogP contribution < -0.4 is 10.6 Å². The first-order chi connectivity index (χ1) is 11.3. The van der Waals surface area contributed by atoms with Gasteiger partial charge in [0.05, 0.1) is 11.8 Å². The Morgan fingerprint density at radius 2 is 1.83 bits per heavy atom. The fourth-order valence-corrected chi connectivity index (χ4v) is 3.16. The molecule has 2 amide bonds. The Morgan fingerprint density at radius 1 is 1.04 bits per heavy atom. The molecule has 1 heterocycles. The molecule has 2 aromatic rings. The van der Waals surface area contributed by atoms with Crippen molar-refractivity contribution in [3.8, 4) is 0 Å². The van der Waals surface area contributed by atoms with E-state index in [0.29, 0.717) is 24.2 Å². The van der Waals surface area contributed by atoms with Gasteiger partial charge in [-0.15, -0.1) is 0 Å². The van der Waals surface area contributed by atoms with E-state index in [-0.39, 0.29) is 17.7 Å². The molecule has 0 spiro atoms. The molecule has 2 N–H and O–H groups in total. The van der Waals surface area contributed by atoms with Crippen molar-refractivity contribution < 1.29 is 14.0 Å². The Morgan fingerprint density at radius 3 is 2.65 bits per heavy atom. The van der Waals surface area contributed by atoms with Crippen molar-refractivity contribution >= 4 is 22.8 Å². The van der Waals surface area contributed by atoms with E-state index in [2.05, 4.69) is 10.6 Å². The van der Waals surface area contributed by atoms with Gasteiger partial charge in [0.1, 0.15) is 5.58 Å². The summed E-state index contributed by atoms with van der Waals surface area (Å²) in [6.45, 7) is 0.883. The maximum Gasteiger partial charge on any atom is 0.252 e. The maximum atomic E-state index is 12.2. The molecule has 1 saturated carbocycles. The predicted octanol–water partition coefficient (Wildman–Crippen LogP) is 2.86. The zero-order valence-electron chi connectivity index (χ0n) is 13.1. The zero-order valence-corrected chi connectivity index (χ0v) is 13.1. The molecule has 1 aliphatic rings. The van der Waals surface area contributed by atoms with Gasteiger partial charge in [-0.25, -0.2) is 0 Å².